The van der Waals surface area contributed by atoms with Crippen LogP contribution in [-0.2, 0) is 29.1 Å². The van der Waals surface area contributed by atoms with Gasteiger partial charge >= 0.3 is 5.97 Å². The van der Waals surface area contributed by atoms with Crippen molar-refractivity contribution in [1.82, 2.24) is 20.2 Å². The topological polar surface area (TPSA) is 147 Å². The Balaban J connectivity index is 1.10. The molecule has 3 heterocycles. The first-order valence-corrected chi connectivity index (χ1v) is 17.9. The highest BCUT2D eigenvalue weighted by Crippen LogP contribution is 2.43. The van der Waals surface area contributed by atoms with Gasteiger partial charge in [0.15, 0.2) is 0 Å². The lowest BCUT2D eigenvalue weighted by Crippen LogP contribution is -2.49. The molecule has 2 fully saturated rings. The number of nitriles is 1. The van der Waals surface area contributed by atoms with Crippen LogP contribution in [0.25, 0.3) is 22.4 Å². The van der Waals surface area contributed by atoms with Crippen LogP contribution < -0.4 is 19.5 Å². The molecule has 7 rings (SSSR count). The summed E-state index contributed by atoms with van der Waals surface area (Å²) in [7, 11) is 3.13. The third-order valence-corrected chi connectivity index (χ3v) is 10.6. The monoisotopic (exact) mass is 721 g/mol. The van der Waals surface area contributed by atoms with E-state index in [1.807, 2.05) is 53.4 Å². The first kappa shape index (κ1) is 35.4. The number of fused-ring (bicyclic) bond motifs is 1. The number of hydrogen-bond acceptors (Lipinski definition) is 10. The number of methoxy groups -OCH3 is 2. The van der Waals surface area contributed by atoms with Crippen molar-refractivity contribution in [1.29, 1.82) is 5.26 Å². The molecule has 1 saturated heterocycles. The van der Waals surface area contributed by atoms with Crippen LogP contribution >= 0.6 is 11.6 Å². The number of ether oxygens (including phenoxy) is 3. The number of nitrogens with one attached hydrogen (secondary N) is 1. The Kier molecular flexibility index (Phi) is 10.4. The van der Waals surface area contributed by atoms with E-state index in [-0.39, 0.29) is 17.9 Å². The molecule has 0 unspecified atom stereocenters. The summed E-state index contributed by atoms with van der Waals surface area (Å²) >= 11 is 6.70. The second-order valence-electron chi connectivity index (χ2n) is 13.7. The van der Waals surface area contributed by atoms with Crippen molar-refractivity contribution < 1.29 is 28.9 Å². The fraction of sp³-hybridized carbons (Fsp3) is 0.375. The number of Topliss-reactive ketones (excluding diaryl/α,β-unsaturated/α-hetero) is 1. The molecule has 52 heavy (non-hydrogen) atoms. The number of aromatic nitrogens is 2. The third-order valence-electron chi connectivity index (χ3n) is 10.3. The Morgan fingerprint density at radius 3 is 2.46 bits per heavy atom. The van der Waals surface area contributed by atoms with E-state index < -0.39 is 5.97 Å². The smallest absolute Gasteiger partial charge is 0.309 e. The van der Waals surface area contributed by atoms with Gasteiger partial charge in [0.05, 0.1) is 31.4 Å². The summed E-state index contributed by atoms with van der Waals surface area (Å²) in [5, 5.41) is 23.5. The van der Waals surface area contributed by atoms with E-state index in [9.17, 15) is 20.0 Å². The predicted octanol–water partition coefficient (Wildman–Crippen LogP) is 6.39. The number of aliphatic carboxylic acids is 1. The zero-order chi connectivity index (χ0) is 36.4. The van der Waals surface area contributed by atoms with Gasteiger partial charge in [0, 0.05) is 61.3 Å². The van der Waals surface area contributed by atoms with Crippen molar-refractivity contribution in [2.45, 2.75) is 51.3 Å². The molecule has 3 aliphatic rings. The highest BCUT2D eigenvalue weighted by Gasteiger charge is 2.34. The number of carbonyl (C=O) groups excluding carboxylic acids is 1. The summed E-state index contributed by atoms with van der Waals surface area (Å²) in [5.74, 6) is 0.701. The van der Waals surface area contributed by atoms with E-state index >= 15 is 0 Å². The second-order valence-corrected chi connectivity index (χ2v) is 14.1. The van der Waals surface area contributed by atoms with E-state index in [1.165, 1.54) is 7.11 Å². The number of hydrogen-bond donors (Lipinski definition) is 2. The van der Waals surface area contributed by atoms with Gasteiger partial charge in [-0.15, -0.1) is 0 Å². The highest BCUT2D eigenvalue weighted by molar-refractivity contribution is 6.31. The minimum atomic E-state index is -0.789. The Labute approximate surface area is 307 Å². The molecule has 0 radical (unpaired) electrons. The number of benzene rings is 2. The molecule has 0 spiro atoms. The molecule has 12 heteroatoms. The summed E-state index contributed by atoms with van der Waals surface area (Å²) in [6.45, 7) is 2.74. The number of carbonyl (C=O) groups is 2. The lowest BCUT2D eigenvalue weighted by molar-refractivity contribution is -0.147. The van der Waals surface area contributed by atoms with Gasteiger partial charge in [-0.1, -0.05) is 54.1 Å². The summed E-state index contributed by atoms with van der Waals surface area (Å²) in [6.07, 6.45) is 3.37. The number of rotatable bonds is 13. The Hall–Kier alpha value is -5.02. The fourth-order valence-electron chi connectivity index (χ4n) is 7.61. The summed E-state index contributed by atoms with van der Waals surface area (Å²) in [5.41, 5.74) is 7.42. The van der Waals surface area contributed by atoms with Gasteiger partial charge in [-0.05, 0) is 60.5 Å². The van der Waals surface area contributed by atoms with Crippen LogP contribution in [0.2, 0.25) is 5.02 Å². The molecule has 2 aliphatic carbocycles. The fourth-order valence-corrected chi connectivity index (χ4v) is 7.82. The Morgan fingerprint density at radius 1 is 0.981 bits per heavy atom. The Morgan fingerprint density at radius 2 is 1.73 bits per heavy atom. The van der Waals surface area contributed by atoms with Gasteiger partial charge in [-0.2, -0.15) is 10.2 Å². The zero-order valence-corrected chi connectivity index (χ0v) is 29.9. The van der Waals surface area contributed by atoms with E-state index in [4.69, 9.17) is 30.8 Å². The molecule has 11 nitrogen and oxygen atoms in total. The van der Waals surface area contributed by atoms with Gasteiger partial charge < -0.3 is 24.6 Å². The molecule has 0 amide bonds. The largest absolute Gasteiger partial charge is 0.481 e. The van der Waals surface area contributed by atoms with E-state index in [1.54, 1.807) is 13.2 Å². The van der Waals surface area contributed by atoms with Crippen molar-refractivity contribution >= 4 is 23.4 Å². The van der Waals surface area contributed by atoms with Crippen LogP contribution in [0.5, 0.6) is 17.6 Å². The van der Waals surface area contributed by atoms with Crippen LogP contribution in [0, 0.1) is 23.2 Å². The molecular formula is C40H40ClN5O6. The molecular weight excluding hydrogens is 682 g/mol. The van der Waals surface area contributed by atoms with Crippen molar-refractivity contribution in [3.05, 3.63) is 87.4 Å². The number of carboxylic acid groups (broad SMARTS) is 1. The summed E-state index contributed by atoms with van der Waals surface area (Å²) in [6, 6.07) is 20.0. The van der Waals surface area contributed by atoms with Crippen molar-refractivity contribution in [2.24, 2.45) is 11.8 Å². The lowest BCUT2D eigenvalue weighted by Gasteiger charge is -2.36. The van der Waals surface area contributed by atoms with Gasteiger partial charge in [-0.25, -0.2) is 4.98 Å². The van der Waals surface area contributed by atoms with Gasteiger partial charge in [0.2, 0.25) is 17.6 Å². The van der Waals surface area contributed by atoms with Gasteiger partial charge in [0.25, 0.3) is 0 Å². The maximum absolute atomic E-state index is 11.6. The molecule has 2 aromatic carbocycles. The molecule has 2 aromatic heterocycles. The zero-order valence-electron chi connectivity index (χ0n) is 29.2. The minimum absolute atomic E-state index is 0.268. The average molecular weight is 722 g/mol. The quantitative estimate of drug-likeness (QED) is 0.158. The molecule has 0 bridgehead atoms. The molecule has 4 aromatic rings. The van der Waals surface area contributed by atoms with Crippen molar-refractivity contribution in [3.8, 4) is 46.1 Å². The van der Waals surface area contributed by atoms with Crippen molar-refractivity contribution in [2.75, 3.05) is 33.9 Å². The van der Waals surface area contributed by atoms with Gasteiger partial charge in [0.1, 0.15) is 23.0 Å². The second kappa shape index (κ2) is 15.3. The van der Waals surface area contributed by atoms with Crippen LogP contribution in [0.3, 0.4) is 0 Å². The van der Waals surface area contributed by atoms with Crippen LogP contribution in [0.1, 0.15) is 59.6 Å². The van der Waals surface area contributed by atoms with Crippen LogP contribution in [0.4, 0.5) is 0 Å². The van der Waals surface area contributed by atoms with E-state index in [2.05, 4.69) is 16.4 Å². The van der Waals surface area contributed by atoms with E-state index in [0.29, 0.717) is 90.7 Å². The molecule has 2 N–H and O–H groups in total. The van der Waals surface area contributed by atoms with Crippen LogP contribution in [-0.4, -0.2) is 65.6 Å². The minimum Gasteiger partial charge on any atom is -0.481 e. The lowest BCUT2D eigenvalue weighted by atomic mass is 9.90. The summed E-state index contributed by atoms with van der Waals surface area (Å²) < 4.78 is 17.7. The SMILES string of the molecule is COc1nc(-c2cccc(-c3cccc4c3CC[C@@H]4Oc3nc(OC)c(CN4CC(C(=O)O)C4)cc3Cl)c2C#N)ccc1CNC[C@@H]1CCC(=O)C1. The molecule has 1 saturated carbocycles. The first-order chi connectivity index (χ1) is 25.3. The van der Waals surface area contributed by atoms with E-state index in [0.717, 1.165) is 52.8 Å². The number of halogens is 1. The predicted molar refractivity (Wildman–Crippen MR) is 194 cm³/mol. The number of pyridine rings is 2. The molecule has 268 valence electrons. The molecule has 1 aliphatic heterocycles. The Bertz CT molecular complexity index is 2060. The highest BCUT2D eigenvalue weighted by atomic mass is 35.5. The number of ketones is 1. The van der Waals surface area contributed by atoms with Crippen LogP contribution in [0.15, 0.2) is 54.6 Å². The summed E-state index contributed by atoms with van der Waals surface area (Å²) in [4.78, 5) is 34.3. The number of carboxylic acids is 1. The standard InChI is InChI=1S/C40H40ClN5O6/c1-50-37-24(19-43-18-23-9-11-27(47)15-23)10-13-35(44-37)31-7-3-6-29(33(31)17-42)28-5-4-8-32-30(28)12-14-36(32)52-39-34(41)16-25(38(45-39)51-2)20-46-21-26(22-46)40(48)49/h3-8,10,13,16,23,26,36,43H,9,11-12,14-15,18-22H2,1-2H3,(H,48,49)/t23-,36+/m1/s1. The normalized spacial score (nSPS) is 18.5. The van der Waals surface area contributed by atoms with Gasteiger partial charge in [-0.3, -0.25) is 14.5 Å². The maximum atomic E-state index is 11.6. The third kappa shape index (κ3) is 7.19. The molecule has 2 atom stereocenters. The maximum Gasteiger partial charge on any atom is 0.309 e. The average Bonchev–Trinajstić information content (AvgIpc) is 3.75. The number of likely N-dealkylation sites (tertiary alicyclic amines) is 1. The first-order valence-electron chi connectivity index (χ1n) is 17.5. The number of nitrogens with zero attached hydrogens (tertiary/aromatic N) is 4. The van der Waals surface area contributed by atoms with Crippen molar-refractivity contribution in [3.63, 3.8) is 0 Å².